The summed E-state index contributed by atoms with van der Waals surface area (Å²) in [6, 6.07) is 0.187. The topological polar surface area (TPSA) is 23.5 Å². The highest BCUT2D eigenvalue weighted by Crippen LogP contribution is 2.20. The number of nitrogens with zero attached hydrogens (tertiary/aromatic N) is 1. The molecule has 2 atom stereocenters. The summed E-state index contributed by atoms with van der Waals surface area (Å²) < 4.78 is 0. The molecule has 0 bridgehead atoms. The van der Waals surface area contributed by atoms with Crippen molar-refractivity contribution in [3.63, 3.8) is 0 Å². The molecule has 0 aromatic carbocycles. The van der Waals surface area contributed by atoms with Crippen molar-refractivity contribution in [2.45, 2.75) is 17.8 Å². The molecule has 1 aliphatic rings. The number of hydrogen-bond acceptors (Lipinski definition) is 2. The lowest BCUT2D eigenvalue weighted by atomic mass is 10.2. The molecule has 0 aromatic heterocycles. The van der Waals surface area contributed by atoms with Gasteiger partial charge in [0.2, 0.25) is 0 Å². The Hall–Kier alpha value is 0.210. The van der Waals surface area contributed by atoms with Gasteiger partial charge in [0.15, 0.2) is 0 Å². The Morgan fingerprint density at radius 2 is 2.44 bits per heavy atom. The molecule has 54 valence electrons. The Kier molecular flexibility index (Phi) is 2.33. The predicted molar refractivity (Wildman–Crippen MR) is 37.8 cm³/mol. The van der Waals surface area contributed by atoms with E-state index in [1.807, 2.05) is 7.05 Å². The van der Waals surface area contributed by atoms with Crippen molar-refractivity contribution in [1.29, 1.82) is 0 Å². The largest absolute Gasteiger partial charge is 0.395 e. The van der Waals surface area contributed by atoms with Gasteiger partial charge >= 0.3 is 0 Å². The fourth-order valence-corrected chi connectivity index (χ4v) is 1.58. The summed E-state index contributed by atoms with van der Waals surface area (Å²) in [4.78, 5) is 2.09. The molecule has 1 N–H and O–H groups in total. The van der Waals surface area contributed by atoms with Gasteiger partial charge in [0, 0.05) is 6.04 Å². The number of likely N-dealkylation sites (N-methyl/N-ethyl adjacent to an activating group) is 1. The number of halogens is 1. The second-order valence-corrected chi connectivity index (χ2v) is 3.10. The lowest BCUT2D eigenvalue weighted by molar-refractivity contribution is 0.183. The van der Waals surface area contributed by atoms with Crippen LogP contribution in [0.5, 0.6) is 0 Å². The van der Waals surface area contributed by atoms with Gasteiger partial charge in [-0.1, -0.05) is 0 Å². The Morgan fingerprint density at radius 3 is 2.67 bits per heavy atom. The smallest absolute Gasteiger partial charge is 0.0601 e. The SMILES string of the molecule is CN1CC[C@@H](Cl)[C@@H]1CO. The van der Waals surface area contributed by atoms with Gasteiger partial charge in [0.05, 0.1) is 12.0 Å². The number of aliphatic hydroxyl groups excluding tert-OH is 1. The van der Waals surface area contributed by atoms with Crippen molar-refractivity contribution in [2.24, 2.45) is 0 Å². The minimum absolute atomic E-state index is 0.153. The zero-order chi connectivity index (χ0) is 6.85. The van der Waals surface area contributed by atoms with E-state index < -0.39 is 0 Å². The fourth-order valence-electron chi connectivity index (χ4n) is 1.22. The molecule has 1 heterocycles. The van der Waals surface area contributed by atoms with Crippen molar-refractivity contribution in [2.75, 3.05) is 20.2 Å². The first-order valence-corrected chi connectivity index (χ1v) is 3.64. The van der Waals surface area contributed by atoms with Gasteiger partial charge in [-0.25, -0.2) is 0 Å². The normalized spacial score (nSPS) is 37.7. The van der Waals surface area contributed by atoms with E-state index in [1.165, 1.54) is 0 Å². The minimum Gasteiger partial charge on any atom is -0.395 e. The maximum absolute atomic E-state index is 8.78. The van der Waals surface area contributed by atoms with E-state index in [1.54, 1.807) is 0 Å². The van der Waals surface area contributed by atoms with E-state index >= 15 is 0 Å². The molecular weight excluding hydrogens is 138 g/mol. The van der Waals surface area contributed by atoms with Crippen LogP contribution in [0.25, 0.3) is 0 Å². The second kappa shape index (κ2) is 2.86. The molecule has 1 aliphatic heterocycles. The maximum Gasteiger partial charge on any atom is 0.0601 e. The maximum atomic E-state index is 8.78. The summed E-state index contributed by atoms with van der Waals surface area (Å²) in [5.74, 6) is 0. The van der Waals surface area contributed by atoms with Crippen LogP contribution in [0.2, 0.25) is 0 Å². The molecule has 1 rings (SSSR count). The standard InChI is InChI=1S/C6H12ClNO/c1-8-3-2-5(7)6(8)4-9/h5-6,9H,2-4H2,1H3/t5-,6+/m1/s1. The summed E-state index contributed by atoms with van der Waals surface area (Å²) in [5.41, 5.74) is 0. The third kappa shape index (κ3) is 1.37. The van der Waals surface area contributed by atoms with E-state index in [4.69, 9.17) is 16.7 Å². The third-order valence-electron chi connectivity index (χ3n) is 1.93. The van der Waals surface area contributed by atoms with Gasteiger partial charge in [-0.3, -0.25) is 4.90 Å². The molecule has 0 spiro atoms. The van der Waals surface area contributed by atoms with E-state index in [0.29, 0.717) is 0 Å². The van der Waals surface area contributed by atoms with Crippen LogP contribution in [0.1, 0.15) is 6.42 Å². The molecule has 9 heavy (non-hydrogen) atoms. The first kappa shape index (κ1) is 7.32. The van der Waals surface area contributed by atoms with E-state index in [9.17, 15) is 0 Å². The molecule has 0 aliphatic carbocycles. The molecule has 1 fully saturated rings. The van der Waals surface area contributed by atoms with Crippen LogP contribution in [0.3, 0.4) is 0 Å². The Balaban J connectivity index is 2.44. The predicted octanol–water partition coefficient (Wildman–Crippen LogP) is 0.290. The van der Waals surface area contributed by atoms with Crippen molar-refractivity contribution >= 4 is 11.6 Å². The minimum atomic E-state index is 0.153. The first-order chi connectivity index (χ1) is 4.25. The van der Waals surface area contributed by atoms with Gasteiger partial charge in [0.1, 0.15) is 0 Å². The van der Waals surface area contributed by atoms with Gasteiger partial charge in [-0.2, -0.15) is 0 Å². The number of aliphatic hydroxyl groups is 1. The zero-order valence-corrected chi connectivity index (χ0v) is 6.30. The van der Waals surface area contributed by atoms with Gasteiger partial charge in [-0.05, 0) is 20.0 Å². The second-order valence-electron chi connectivity index (χ2n) is 2.54. The average Bonchev–Trinajstić information content (AvgIpc) is 2.12. The summed E-state index contributed by atoms with van der Waals surface area (Å²) in [5, 5.41) is 8.93. The molecule has 1 saturated heterocycles. The van der Waals surface area contributed by atoms with Crippen molar-refractivity contribution < 1.29 is 5.11 Å². The Bertz CT molecular complexity index is 89.1. The van der Waals surface area contributed by atoms with Crippen LogP contribution in [0.4, 0.5) is 0 Å². The number of hydrogen-bond donors (Lipinski definition) is 1. The van der Waals surface area contributed by atoms with Crippen LogP contribution in [0, 0.1) is 0 Å². The Morgan fingerprint density at radius 1 is 1.78 bits per heavy atom. The summed E-state index contributed by atoms with van der Waals surface area (Å²) in [6.45, 7) is 1.20. The molecule has 0 aromatic rings. The number of rotatable bonds is 1. The lowest BCUT2D eigenvalue weighted by Gasteiger charge is -2.18. The van der Waals surface area contributed by atoms with Crippen molar-refractivity contribution in [3.05, 3.63) is 0 Å². The number of alkyl halides is 1. The summed E-state index contributed by atoms with van der Waals surface area (Å²) >= 11 is 5.87. The summed E-state index contributed by atoms with van der Waals surface area (Å²) in [7, 11) is 1.99. The highest BCUT2D eigenvalue weighted by Gasteiger charge is 2.28. The van der Waals surface area contributed by atoms with Crippen LogP contribution in [-0.2, 0) is 0 Å². The molecule has 0 amide bonds. The van der Waals surface area contributed by atoms with Crippen LogP contribution in [0.15, 0.2) is 0 Å². The van der Waals surface area contributed by atoms with Gasteiger partial charge < -0.3 is 5.11 Å². The molecule has 0 unspecified atom stereocenters. The molecule has 0 saturated carbocycles. The summed E-state index contributed by atoms with van der Waals surface area (Å²) in [6.07, 6.45) is 1.00. The zero-order valence-electron chi connectivity index (χ0n) is 5.55. The quantitative estimate of drug-likeness (QED) is 0.542. The van der Waals surface area contributed by atoms with E-state index in [0.717, 1.165) is 13.0 Å². The average molecular weight is 150 g/mol. The third-order valence-corrected chi connectivity index (χ3v) is 2.44. The van der Waals surface area contributed by atoms with Gasteiger partial charge in [0.25, 0.3) is 0 Å². The molecule has 3 heteroatoms. The van der Waals surface area contributed by atoms with E-state index in [2.05, 4.69) is 4.90 Å². The van der Waals surface area contributed by atoms with Crippen LogP contribution < -0.4 is 0 Å². The fraction of sp³-hybridized carbons (Fsp3) is 1.00. The highest BCUT2D eigenvalue weighted by atomic mass is 35.5. The molecule has 2 nitrogen and oxygen atoms in total. The molecule has 0 radical (unpaired) electrons. The number of likely N-dealkylation sites (tertiary alicyclic amines) is 1. The highest BCUT2D eigenvalue weighted by molar-refractivity contribution is 6.21. The van der Waals surface area contributed by atoms with Crippen LogP contribution in [-0.4, -0.2) is 41.6 Å². The lowest BCUT2D eigenvalue weighted by Crippen LogP contribution is -2.33. The molecular formula is C6H12ClNO. The first-order valence-electron chi connectivity index (χ1n) is 3.21. The van der Waals surface area contributed by atoms with Crippen molar-refractivity contribution in [1.82, 2.24) is 4.90 Å². The van der Waals surface area contributed by atoms with Gasteiger partial charge in [-0.15, -0.1) is 11.6 Å². The Labute approximate surface area is 60.4 Å². The van der Waals surface area contributed by atoms with Crippen LogP contribution >= 0.6 is 11.6 Å². The van der Waals surface area contributed by atoms with E-state index in [-0.39, 0.29) is 18.0 Å². The monoisotopic (exact) mass is 149 g/mol. The van der Waals surface area contributed by atoms with Crippen molar-refractivity contribution in [3.8, 4) is 0 Å².